The zero-order valence-corrected chi connectivity index (χ0v) is 20.4. The number of aliphatic carboxylic acids is 1. The molecule has 2 atom stereocenters. The summed E-state index contributed by atoms with van der Waals surface area (Å²) >= 11 is 5.81. The molecule has 1 fully saturated rings. The number of aromatic nitrogens is 2. The molecule has 2 aliphatic rings. The van der Waals surface area contributed by atoms with Crippen molar-refractivity contribution in [2.75, 3.05) is 26.2 Å². The zero-order valence-electron chi connectivity index (χ0n) is 19.6. The van der Waals surface area contributed by atoms with Gasteiger partial charge in [0.25, 0.3) is 0 Å². The summed E-state index contributed by atoms with van der Waals surface area (Å²) in [6.45, 7) is 1.83. The maximum Gasteiger partial charge on any atom is 0.407 e. The maximum atomic E-state index is 12.4. The minimum absolute atomic E-state index is 0.0111. The van der Waals surface area contributed by atoms with Crippen LogP contribution in [0.5, 0.6) is 0 Å². The van der Waals surface area contributed by atoms with E-state index in [9.17, 15) is 14.7 Å². The quantitative estimate of drug-likeness (QED) is 0.439. The number of halogens is 1. The van der Waals surface area contributed by atoms with E-state index in [4.69, 9.17) is 16.3 Å². The second-order valence-electron chi connectivity index (χ2n) is 9.10. The van der Waals surface area contributed by atoms with Gasteiger partial charge in [-0.15, -0.1) is 5.10 Å². The molecule has 1 aliphatic carbocycles. The summed E-state index contributed by atoms with van der Waals surface area (Å²) in [7, 11) is 0. The Bertz CT molecular complexity index is 1210. The minimum atomic E-state index is -0.890. The van der Waals surface area contributed by atoms with Crippen LogP contribution in [0.3, 0.4) is 0 Å². The molecule has 36 heavy (non-hydrogen) atoms. The largest absolute Gasteiger partial charge is 0.480 e. The van der Waals surface area contributed by atoms with Crippen molar-refractivity contribution < 1.29 is 19.4 Å². The Hall–Kier alpha value is -3.49. The molecule has 1 aliphatic heterocycles. The lowest BCUT2D eigenvalue weighted by atomic mass is 9.96. The van der Waals surface area contributed by atoms with E-state index in [-0.39, 0.29) is 23.6 Å². The second-order valence-corrected chi connectivity index (χ2v) is 9.49. The number of nitrogens with one attached hydrogen (secondary N) is 1. The van der Waals surface area contributed by atoms with Gasteiger partial charge in [0.1, 0.15) is 12.6 Å². The summed E-state index contributed by atoms with van der Waals surface area (Å²) < 4.78 is 5.57. The molecule has 2 aromatic carbocycles. The summed E-state index contributed by atoms with van der Waals surface area (Å²) in [5, 5.41) is 20.8. The monoisotopic (exact) mass is 506 g/mol. The molecular formula is C27H27ClN4O4. The highest BCUT2D eigenvalue weighted by Gasteiger charge is 2.40. The zero-order chi connectivity index (χ0) is 25.1. The van der Waals surface area contributed by atoms with Crippen molar-refractivity contribution >= 4 is 23.7 Å². The third-order valence-electron chi connectivity index (χ3n) is 7.02. The van der Waals surface area contributed by atoms with Crippen LogP contribution < -0.4 is 5.32 Å². The predicted octanol–water partition coefficient (Wildman–Crippen LogP) is 4.30. The molecule has 186 valence electrons. The summed E-state index contributed by atoms with van der Waals surface area (Å²) in [6.07, 6.45) is 0.808. The first-order valence-electron chi connectivity index (χ1n) is 12.1. The van der Waals surface area contributed by atoms with Gasteiger partial charge in [-0.2, -0.15) is 5.10 Å². The van der Waals surface area contributed by atoms with Gasteiger partial charge in [-0.3, -0.25) is 9.69 Å². The van der Waals surface area contributed by atoms with Crippen LogP contribution in [0, 0.1) is 0 Å². The summed E-state index contributed by atoms with van der Waals surface area (Å²) in [6, 6.07) is 19.1. The van der Waals surface area contributed by atoms with Gasteiger partial charge in [-0.05, 0) is 53.8 Å². The van der Waals surface area contributed by atoms with Crippen molar-refractivity contribution in [1.29, 1.82) is 0 Å². The van der Waals surface area contributed by atoms with E-state index in [1.165, 1.54) is 22.3 Å². The summed E-state index contributed by atoms with van der Waals surface area (Å²) in [5.41, 5.74) is 5.33. The van der Waals surface area contributed by atoms with Crippen molar-refractivity contribution in [3.8, 4) is 11.1 Å². The number of alkyl carbamates (subject to hydrolysis) is 1. The van der Waals surface area contributed by atoms with Crippen LogP contribution in [0.25, 0.3) is 11.1 Å². The number of fused-ring (bicyclic) bond motifs is 3. The molecule has 0 saturated carbocycles. The number of carbonyl (C=O) groups excluding carboxylic acids is 1. The van der Waals surface area contributed by atoms with Crippen LogP contribution in [0.1, 0.15) is 41.5 Å². The summed E-state index contributed by atoms with van der Waals surface area (Å²) in [5.74, 6) is -1.13. The average Bonchev–Trinajstić information content (AvgIpc) is 3.45. The molecule has 0 spiro atoms. The number of ether oxygens (including phenoxy) is 1. The molecule has 1 amide bonds. The Morgan fingerprint density at radius 2 is 1.72 bits per heavy atom. The first-order chi connectivity index (χ1) is 17.5. The first kappa shape index (κ1) is 24.2. The molecule has 1 aromatic heterocycles. The molecule has 0 unspecified atom stereocenters. The van der Waals surface area contributed by atoms with Gasteiger partial charge in [0.15, 0.2) is 5.15 Å². The topological polar surface area (TPSA) is 105 Å². The lowest BCUT2D eigenvalue weighted by Crippen LogP contribution is -2.40. The number of likely N-dealkylation sites (tertiary alicyclic amines) is 1. The lowest BCUT2D eigenvalue weighted by molar-refractivity contribution is -0.142. The molecule has 2 N–H and O–H groups in total. The van der Waals surface area contributed by atoms with E-state index < -0.39 is 18.1 Å². The maximum absolute atomic E-state index is 12.4. The number of carboxylic acid groups (broad SMARTS) is 1. The Kier molecular flexibility index (Phi) is 7.16. The molecular weight excluding hydrogens is 480 g/mol. The molecule has 0 bridgehead atoms. The fraction of sp³-hybridized carbons (Fsp3) is 0.333. The highest BCUT2D eigenvalue weighted by Crippen LogP contribution is 2.44. The van der Waals surface area contributed by atoms with Gasteiger partial charge in [0.2, 0.25) is 0 Å². The van der Waals surface area contributed by atoms with Crippen LogP contribution >= 0.6 is 11.6 Å². The second kappa shape index (κ2) is 10.6. The highest BCUT2D eigenvalue weighted by atomic mass is 35.5. The number of carboxylic acids is 1. The van der Waals surface area contributed by atoms with Gasteiger partial charge in [0, 0.05) is 24.9 Å². The Morgan fingerprint density at radius 1 is 1.03 bits per heavy atom. The van der Waals surface area contributed by atoms with E-state index >= 15 is 0 Å². The number of benzene rings is 2. The number of amides is 1. The average molecular weight is 507 g/mol. The molecule has 8 nitrogen and oxygen atoms in total. The van der Waals surface area contributed by atoms with Crippen molar-refractivity contribution in [3.63, 3.8) is 0 Å². The van der Waals surface area contributed by atoms with Crippen molar-refractivity contribution in [3.05, 3.63) is 82.6 Å². The lowest BCUT2D eigenvalue weighted by Gasteiger charge is -2.24. The van der Waals surface area contributed by atoms with E-state index in [2.05, 4.69) is 39.8 Å². The van der Waals surface area contributed by atoms with Crippen molar-refractivity contribution in [2.24, 2.45) is 0 Å². The first-order valence-corrected chi connectivity index (χ1v) is 12.5. The van der Waals surface area contributed by atoms with Gasteiger partial charge in [0.05, 0.1) is 5.69 Å². The Balaban J connectivity index is 1.10. The third-order valence-corrected chi connectivity index (χ3v) is 7.22. The number of hydrogen-bond donors (Lipinski definition) is 2. The van der Waals surface area contributed by atoms with E-state index in [0.717, 1.165) is 0 Å². The summed E-state index contributed by atoms with van der Waals surface area (Å²) in [4.78, 5) is 26.3. The van der Waals surface area contributed by atoms with Gasteiger partial charge in [-0.1, -0.05) is 60.1 Å². The molecule has 2 heterocycles. The van der Waals surface area contributed by atoms with Crippen LogP contribution in [0.4, 0.5) is 4.79 Å². The fourth-order valence-corrected chi connectivity index (χ4v) is 5.49. The molecule has 3 aromatic rings. The van der Waals surface area contributed by atoms with Crippen molar-refractivity contribution in [1.82, 2.24) is 20.4 Å². The standard InChI is InChI=1S/C27H27ClN4O4/c28-24-11-10-23(30-31-24)21-12-15-32(25(21)26(33)34)14-5-13-29-27(35)36-16-22-19-8-3-1-6-17(19)18-7-2-4-9-20(18)22/h1-4,6-11,21-22,25H,5,12-16H2,(H,29,35)(H,33,34)/t21-,25-/m1/s1. The van der Waals surface area contributed by atoms with E-state index in [1.807, 2.05) is 29.2 Å². The van der Waals surface area contributed by atoms with E-state index in [1.54, 1.807) is 12.1 Å². The number of carbonyl (C=O) groups is 2. The van der Waals surface area contributed by atoms with Crippen LogP contribution in [-0.2, 0) is 9.53 Å². The third kappa shape index (κ3) is 4.92. The van der Waals surface area contributed by atoms with Crippen LogP contribution in [0.2, 0.25) is 5.15 Å². The normalized spacial score (nSPS) is 19.0. The Morgan fingerprint density at radius 3 is 2.36 bits per heavy atom. The number of rotatable bonds is 8. The van der Waals surface area contributed by atoms with Gasteiger partial charge < -0.3 is 15.2 Å². The van der Waals surface area contributed by atoms with Crippen molar-refractivity contribution in [2.45, 2.75) is 30.7 Å². The van der Waals surface area contributed by atoms with Crippen LogP contribution in [0.15, 0.2) is 60.7 Å². The molecule has 5 rings (SSSR count). The highest BCUT2D eigenvalue weighted by molar-refractivity contribution is 6.29. The predicted molar refractivity (Wildman–Crippen MR) is 135 cm³/mol. The van der Waals surface area contributed by atoms with Crippen LogP contribution in [-0.4, -0.2) is 64.5 Å². The molecule has 1 saturated heterocycles. The molecule has 9 heteroatoms. The van der Waals surface area contributed by atoms with E-state index in [0.29, 0.717) is 38.2 Å². The smallest absolute Gasteiger partial charge is 0.407 e. The fourth-order valence-electron chi connectivity index (χ4n) is 5.39. The Labute approximate surface area is 214 Å². The number of nitrogens with zero attached hydrogens (tertiary/aromatic N) is 3. The molecule has 0 radical (unpaired) electrons. The van der Waals surface area contributed by atoms with Gasteiger partial charge >= 0.3 is 12.1 Å². The van der Waals surface area contributed by atoms with Gasteiger partial charge in [-0.25, -0.2) is 4.79 Å². The SMILES string of the molecule is O=C(NCCCN1CC[C@H](c2ccc(Cl)nn2)[C@@H]1C(=O)O)OCC1c2ccccc2-c2ccccc21. The minimum Gasteiger partial charge on any atom is -0.480 e. The number of hydrogen-bond acceptors (Lipinski definition) is 6.